The Hall–Kier alpha value is -1.70. The molecule has 5 nitrogen and oxygen atoms in total. The first-order valence-corrected chi connectivity index (χ1v) is 8.31. The van der Waals surface area contributed by atoms with Crippen molar-refractivity contribution < 1.29 is 0 Å². The van der Waals surface area contributed by atoms with Gasteiger partial charge in [0.2, 0.25) is 5.16 Å². The van der Waals surface area contributed by atoms with E-state index in [-0.39, 0.29) is 11.3 Å². The van der Waals surface area contributed by atoms with E-state index in [1.807, 2.05) is 43.3 Å². The van der Waals surface area contributed by atoms with E-state index in [9.17, 15) is 0 Å². The maximum Gasteiger partial charge on any atom is 0.214 e. The lowest BCUT2D eigenvalue weighted by Crippen LogP contribution is -2.22. The largest absolute Gasteiger partial charge is 0.327 e. The molecule has 0 fully saturated rings. The third-order valence-corrected chi connectivity index (χ3v) is 5.48. The number of thioether (sulfide) groups is 1. The fourth-order valence-corrected chi connectivity index (χ4v) is 4.07. The van der Waals surface area contributed by atoms with Gasteiger partial charge in [0.25, 0.3) is 0 Å². The molecule has 1 aromatic carbocycles. The van der Waals surface area contributed by atoms with E-state index in [1.165, 1.54) is 4.88 Å². The summed E-state index contributed by atoms with van der Waals surface area (Å²) in [7, 11) is 0. The Balaban J connectivity index is 1.90. The molecule has 0 amide bonds. The van der Waals surface area contributed by atoms with Crippen molar-refractivity contribution in [2.24, 2.45) is 5.73 Å². The standard InChI is InChI=1S/C14H15N5S2/c1-10(15)13(12-8-5-9-20-12)21-14-16-17-18-19(14)11-6-3-2-4-7-11/h2-10,13H,15H2,1H3. The molecule has 21 heavy (non-hydrogen) atoms. The summed E-state index contributed by atoms with van der Waals surface area (Å²) in [6, 6.07) is 14.0. The monoisotopic (exact) mass is 317 g/mol. The number of tetrazole rings is 1. The van der Waals surface area contributed by atoms with Crippen LogP contribution in [0.15, 0.2) is 53.0 Å². The van der Waals surface area contributed by atoms with Crippen LogP contribution in [0.25, 0.3) is 5.69 Å². The predicted molar refractivity (Wildman–Crippen MR) is 85.7 cm³/mol. The summed E-state index contributed by atoms with van der Waals surface area (Å²) in [5.41, 5.74) is 7.09. The van der Waals surface area contributed by atoms with Gasteiger partial charge in [-0.2, -0.15) is 4.68 Å². The smallest absolute Gasteiger partial charge is 0.214 e. The molecule has 2 N–H and O–H groups in total. The molecule has 2 heterocycles. The molecule has 0 saturated carbocycles. The van der Waals surface area contributed by atoms with Crippen LogP contribution in [0.3, 0.4) is 0 Å². The van der Waals surface area contributed by atoms with Crippen LogP contribution in [0.2, 0.25) is 0 Å². The number of aromatic nitrogens is 4. The van der Waals surface area contributed by atoms with Crippen molar-refractivity contribution >= 4 is 23.1 Å². The Morgan fingerprint density at radius 1 is 1.19 bits per heavy atom. The number of rotatable bonds is 5. The van der Waals surface area contributed by atoms with Gasteiger partial charge in [-0.3, -0.25) is 0 Å². The zero-order valence-corrected chi connectivity index (χ0v) is 13.1. The topological polar surface area (TPSA) is 69.6 Å². The highest BCUT2D eigenvalue weighted by Gasteiger charge is 2.22. The maximum absolute atomic E-state index is 6.14. The lowest BCUT2D eigenvalue weighted by atomic mass is 10.2. The van der Waals surface area contributed by atoms with Gasteiger partial charge in [0, 0.05) is 10.9 Å². The number of nitrogens with two attached hydrogens (primary N) is 1. The van der Waals surface area contributed by atoms with Gasteiger partial charge < -0.3 is 5.73 Å². The number of hydrogen-bond donors (Lipinski definition) is 1. The van der Waals surface area contributed by atoms with Crippen LogP contribution in [0.1, 0.15) is 17.1 Å². The van der Waals surface area contributed by atoms with Gasteiger partial charge in [-0.1, -0.05) is 36.0 Å². The van der Waals surface area contributed by atoms with Crippen LogP contribution in [0.5, 0.6) is 0 Å². The summed E-state index contributed by atoms with van der Waals surface area (Å²) in [5, 5.41) is 15.0. The van der Waals surface area contributed by atoms with Crippen molar-refractivity contribution in [2.75, 3.05) is 0 Å². The van der Waals surface area contributed by atoms with E-state index in [0.29, 0.717) is 0 Å². The van der Waals surface area contributed by atoms with Crippen molar-refractivity contribution in [3.63, 3.8) is 0 Å². The first-order chi connectivity index (χ1) is 10.3. The third-order valence-electron chi connectivity index (χ3n) is 2.98. The van der Waals surface area contributed by atoms with Gasteiger partial charge in [-0.15, -0.1) is 16.4 Å². The van der Waals surface area contributed by atoms with Gasteiger partial charge in [-0.25, -0.2) is 0 Å². The molecule has 0 aliphatic rings. The first kappa shape index (κ1) is 14.2. The van der Waals surface area contributed by atoms with Crippen molar-refractivity contribution in [2.45, 2.75) is 23.4 Å². The molecule has 2 atom stereocenters. The summed E-state index contributed by atoms with van der Waals surface area (Å²) in [5.74, 6) is 0. The van der Waals surface area contributed by atoms with Crippen molar-refractivity contribution in [1.29, 1.82) is 0 Å². The molecule has 2 unspecified atom stereocenters. The summed E-state index contributed by atoms with van der Waals surface area (Å²) in [4.78, 5) is 1.23. The van der Waals surface area contributed by atoms with E-state index < -0.39 is 0 Å². The average Bonchev–Trinajstić information content (AvgIpc) is 3.17. The Morgan fingerprint density at radius 3 is 2.67 bits per heavy atom. The highest BCUT2D eigenvalue weighted by Crippen LogP contribution is 2.38. The summed E-state index contributed by atoms with van der Waals surface area (Å²) >= 11 is 3.30. The van der Waals surface area contributed by atoms with E-state index in [0.717, 1.165) is 10.8 Å². The number of thiophene rings is 1. The van der Waals surface area contributed by atoms with E-state index in [2.05, 4.69) is 27.0 Å². The van der Waals surface area contributed by atoms with Gasteiger partial charge in [0.05, 0.1) is 10.9 Å². The van der Waals surface area contributed by atoms with E-state index >= 15 is 0 Å². The Bertz CT molecular complexity index is 678. The number of nitrogens with zero attached hydrogens (tertiary/aromatic N) is 4. The Morgan fingerprint density at radius 2 is 2.00 bits per heavy atom. The summed E-state index contributed by atoms with van der Waals surface area (Å²) in [6.07, 6.45) is 0. The minimum absolute atomic E-state index is 0.00886. The molecule has 0 radical (unpaired) electrons. The van der Waals surface area contributed by atoms with Crippen LogP contribution in [0, 0.1) is 0 Å². The number of para-hydroxylation sites is 1. The van der Waals surface area contributed by atoms with Gasteiger partial charge in [0.1, 0.15) is 0 Å². The minimum atomic E-state index is 0.00886. The SMILES string of the molecule is CC(N)C(Sc1nnnn1-c1ccccc1)c1cccs1. The molecule has 3 aromatic rings. The molecule has 3 rings (SSSR count). The highest BCUT2D eigenvalue weighted by molar-refractivity contribution is 7.99. The van der Waals surface area contributed by atoms with Gasteiger partial charge in [-0.05, 0) is 40.9 Å². The summed E-state index contributed by atoms with van der Waals surface area (Å²) in [6.45, 7) is 2.01. The third kappa shape index (κ3) is 3.15. The van der Waals surface area contributed by atoms with Crippen molar-refractivity contribution in [1.82, 2.24) is 20.2 Å². The Kier molecular flexibility index (Phi) is 4.33. The van der Waals surface area contributed by atoms with Crippen molar-refractivity contribution in [3.05, 3.63) is 52.7 Å². The summed E-state index contributed by atoms with van der Waals surface area (Å²) < 4.78 is 1.74. The second kappa shape index (κ2) is 6.38. The second-order valence-corrected chi connectivity index (χ2v) is 6.71. The molecule has 0 bridgehead atoms. The van der Waals surface area contributed by atoms with Crippen LogP contribution in [-0.2, 0) is 0 Å². The van der Waals surface area contributed by atoms with Crippen LogP contribution in [0.4, 0.5) is 0 Å². The molecule has 0 saturated heterocycles. The quantitative estimate of drug-likeness (QED) is 0.733. The van der Waals surface area contributed by atoms with Crippen molar-refractivity contribution in [3.8, 4) is 5.69 Å². The van der Waals surface area contributed by atoms with Crippen LogP contribution < -0.4 is 5.73 Å². The molecule has 7 heteroatoms. The fraction of sp³-hybridized carbons (Fsp3) is 0.214. The highest BCUT2D eigenvalue weighted by atomic mass is 32.2. The van der Waals surface area contributed by atoms with Gasteiger partial charge in [0.15, 0.2) is 0 Å². The lowest BCUT2D eigenvalue weighted by Gasteiger charge is -2.18. The Labute approximate surface area is 131 Å². The number of benzene rings is 1. The molecule has 108 valence electrons. The average molecular weight is 317 g/mol. The molecular formula is C14H15N5S2. The normalized spacial score (nSPS) is 14.0. The zero-order valence-electron chi connectivity index (χ0n) is 11.5. The molecule has 0 aliphatic heterocycles. The molecule has 0 aliphatic carbocycles. The lowest BCUT2D eigenvalue weighted by molar-refractivity contribution is 0.717. The first-order valence-electron chi connectivity index (χ1n) is 6.55. The second-order valence-electron chi connectivity index (χ2n) is 4.62. The van der Waals surface area contributed by atoms with Gasteiger partial charge >= 0.3 is 0 Å². The number of hydrogen-bond acceptors (Lipinski definition) is 6. The maximum atomic E-state index is 6.14. The molecular weight excluding hydrogens is 302 g/mol. The zero-order chi connectivity index (χ0) is 14.7. The molecule has 2 aromatic heterocycles. The van der Waals surface area contributed by atoms with Crippen LogP contribution in [-0.4, -0.2) is 26.2 Å². The van der Waals surface area contributed by atoms with Crippen LogP contribution >= 0.6 is 23.1 Å². The predicted octanol–water partition coefficient (Wildman–Crippen LogP) is 2.90. The van der Waals surface area contributed by atoms with E-state index in [1.54, 1.807) is 27.8 Å². The van der Waals surface area contributed by atoms with E-state index in [4.69, 9.17) is 5.73 Å². The fourth-order valence-electron chi connectivity index (χ4n) is 1.97. The molecule has 0 spiro atoms. The minimum Gasteiger partial charge on any atom is -0.327 e.